The molecule has 47 heavy (non-hydrogen) atoms. The number of aromatic amines is 2. The minimum Gasteiger partial charge on any atom is -0.413 e. The number of fused-ring (bicyclic) bond motifs is 4. The molecule has 4 N–H and O–H groups in total. The van der Waals surface area contributed by atoms with Crippen molar-refractivity contribution >= 4 is 68.8 Å². The average Bonchev–Trinajstić information content (AvgIpc) is 3.88. The Hall–Kier alpha value is -4.45. The molecular weight excluding hydrogens is 636 g/mol. The molecule has 240 valence electrons. The van der Waals surface area contributed by atoms with Crippen molar-refractivity contribution in [1.82, 2.24) is 25.1 Å². The molecule has 12 heteroatoms. The average molecular weight is 669 g/mol. The summed E-state index contributed by atoms with van der Waals surface area (Å²) in [5.74, 6) is 0.470. The number of amides is 3. The molecule has 3 unspecified atom stereocenters. The molecule has 0 bridgehead atoms. The fourth-order valence-electron chi connectivity index (χ4n) is 7.07. The maximum Gasteiger partial charge on any atom is 0.415 e. The van der Waals surface area contributed by atoms with E-state index in [1.54, 1.807) is 21.6 Å². The highest BCUT2D eigenvalue weighted by Crippen LogP contribution is 2.52. The minimum atomic E-state index is -0.362. The van der Waals surface area contributed by atoms with Crippen molar-refractivity contribution in [3.63, 3.8) is 0 Å². The van der Waals surface area contributed by atoms with Gasteiger partial charge in [0.25, 0.3) is 11.8 Å². The number of H-pyrrole nitrogens is 2. The molecule has 8 rings (SSSR count). The quantitative estimate of drug-likeness (QED) is 0.192. The van der Waals surface area contributed by atoms with Gasteiger partial charge in [0.1, 0.15) is 17.1 Å². The van der Waals surface area contributed by atoms with Crippen molar-refractivity contribution in [1.29, 1.82) is 0 Å². The van der Waals surface area contributed by atoms with Gasteiger partial charge in [0, 0.05) is 89.7 Å². The van der Waals surface area contributed by atoms with Crippen LogP contribution in [0.25, 0.3) is 21.8 Å². The predicted octanol–water partition coefficient (Wildman–Crippen LogP) is 6.04. The normalized spacial score (nSPS) is 22.3. The number of aromatic nitrogens is 2. The van der Waals surface area contributed by atoms with Crippen LogP contribution in [-0.2, 0) is 4.74 Å². The molecule has 4 aromatic rings. The van der Waals surface area contributed by atoms with Crippen molar-refractivity contribution in [2.45, 2.75) is 12.2 Å². The van der Waals surface area contributed by atoms with E-state index in [0.717, 1.165) is 46.2 Å². The number of para-hydroxylation sites is 1. The Morgan fingerprint density at radius 3 is 2.57 bits per heavy atom. The highest BCUT2D eigenvalue weighted by atomic mass is 35.5. The van der Waals surface area contributed by atoms with Crippen LogP contribution >= 0.6 is 23.4 Å². The van der Waals surface area contributed by atoms with E-state index in [1.807, 2.05) is 60.7 Å². The van der Waals surface area contributed by atoms with Crippen molar-refractivity contribution in [3.8, 4) is 0 Å². The third-order valence-electron chi connectivity index (χ3n) is 9.41. The van der Waals surface area contributed by atoms with E-state index in [0.29, 0.717) is 48.3 Å². The summed E-state index contributed by atoms with van der Waals surface area (Å²) < 4.78 is 6.06. The highest BCUT2D eigenvalue weighted by Gasteiger charge is 2.48. The van der Waals surface area contributed by atoms with Gasteiger partial charge in [0.2, 0.25) is 0 Å². The number of halogens is 1. The van der Waals surface area contributed by atoms with E-state index in [9.17, 15) is 14.4 Å². The van der Waals surface area contributed by atoms with Crippen LogP contribution in [0.2, 0.25) is 0 Å². The molecule has 4 aliphatic rings. The van der Waals surface area contributed by atoms with Crippen LogP contribution in [0.1, 0.15) is 27.9 Å². The van der Waals surface area contributed by atoms with E-state index >= 15 is 0 Å². The van der Waals surface area contributed by atoms with Crippen molar-refractivity contribution < 1.29 is 19.1 Å². The zero-order chi connectivity index (χ0) is 32.2. The van der Waals surface area contributed by atoms with E-state index in [-0.39, 0.29) is 35.0 Å². The number of nitrogens with one attached hydrogen (secondary N) is 4. The standard InChI is InChI=1S/C35H33ClN6O4S/c1-19-18-47-32-29(46-35(45)41-10-8-37-9-11-41)15-28-31(30(19)32)22(16-36)17-42(28)34(44)27-14-21-12-23(6-7-25(21)40-27)38-33(43)26-13-20-4-2-3-5-24(20)39-26/h2-7,12-15,18,22,30,32,37,39-40H,8-11,16-17H2,1H3,(H,38,43). The first-order chi connectivity index (χ1) is 22.9. The zero-order valence-electron chi connectivity index (χ0n) is 25.6. The topological polar surface area (TPSA) is 123 Å². The maximum atomic E-state index is 14.2. The number of carbonyl (C=O) groups is 3. The largest absolute Gasteiger partial charge is 0.415 e. The van der Waals surface area contributed by atoms with E-state index in [1.165, 1.54) is 5.57 Å². The van der Waals surface area contributed by atoms with E-state index in [4.69, 9.17) is 16.3 Å². The van der Waals surface area contributed by atoms with Gasteiger partial charge in [-0.1, -0.05) is 23.8 Å². The molecule has 3 amide bonds. The lowest BCUT2D eigenvalue weighted by molar-refractivity contribution is 0.0810. The molecule has 3 atom stereocenters. The van der Waals surface area contributed by atoms with Crippen LogP contribution in [0.4, 0.5) is 10.5 Å². The summed E-state index contributed by atoms with van der Waals surface area (Å²) in [6, 6.07) is 16.9. The SMILES string of the molecule is CC1=CSC2C(OC(=O)N3CCNCC3)=CC3=C(C(CCl)CN3C(=O)c3cc4cc(NC(=O)c5cc6ccccc6[nH]5)ccc4[nH]3)C12. The summed E-state index contributed by atoms with van der Waals surface area (Å²) in [5.41, 5.74) is 6.22. The molecule has 1 fully saturated rings. The number of carbonyl (C=O) groups excluding carboxylic acids is 3. The van der Waals surface area contributed by atoms with Gasteiger partial charge in [-0.2, -0.15) is 0 Å². The van der Waals surface area contributed by atoms with Crippen LogP contribution in [0.15, 0.2) is 88.7 Å². The number of hydrogen-bond donors (Lipinski definition) is 4. The highest BCUT2D eigenvalue weighted by molar-refractivity contribution is 8.03. The van der Waals surface area contributed by atoms with Crippen molar-refractivity contribution in [2.24, 2.45) is 11.8 Å². The Morgan fingerprint density at radius 1 is 1.00 bits per heavy atom. The van der Waals surface area contributed by atoms with Crippen LogP contribution in [0.5, 0.6) is 0 Å². The van der Waals surface area contributed by atoms with Crippen molar-refractivity contribution in [3.05, 3.63) is 100 Å². The van der Waals surface area contributed by atoms with Crippen molar-refractivity contribution in [2.75, 3.05) is 43.9 Å². The molecule has 5 heterocycles. The lowest BCUT2D eigenvalue weighted by Gasteiger charge is -2.33. The summed E-state index contributed by atoms with van der Waals surface area (Å²) in [7, 11) is 0. The van der Waals surface area contributed by atoms with Crippen LogP contribution < -0.4 is 10.6 Å². The molecule has 0 radical (unpaired) electrons. The summed E-state index contributed by atoms with van der Waals surface area (Å²) in [5, 5.41) is 10.0. The molecule has 0 saturated carbocycles. The van der Waals surface area contributed by atoms with Gasteiger partial charge in [-0.25, -0.2) is 4.79 Å². The smallest absolute Gasteiger partial charge is 0.413 e. The second-order valence-corrected chi connectivity index (χ2v) is 13.7. The summed E-state index contributed by atoms with van der Waals surface area (Å²) in [6.07, 6.45) is 1.51. The first-order valence-corrected chi connectivity index (χ1v) is 17.2. The summed E-state index contributed by atoms with van der Waals surface area (Å²) >= 11 is 8.18. The first-order valence-electron chi connectivity index (χ1n) is 15.7. The van der Waals surface area contributed by atoms with Crippen LogP contribution in [0, 0.1) is 11.8 Å². The van der Waals surface area contributed by atoms with Gasteiger partial charge in [-0.05, 0) is 54.3 Å². The molecule has 0 spiro atoms. The van der Waals surface area contributed by atoms with Gasteiger partial charge in [0.05, 0.1) is 5.25 Å². The molecule has 1 aliphatic carbocycles. The fraction of sp³-hybridized carbons (Fsp3) is 0.286. The molecule has 2 aromatic heterocycles. The number of ether oxygens (including phenoxy) is 1. The lowest BCUT2D eigenvalue weighted by Crippen LogP contribution is -2.47. The van der Waals surface area contributed by atoms with Crippen LogP contribution in [0.3, 0.4) is 0 Å². The van der Waals surface area contributed by atoms with E-state index in [2.05, 4.69) is 32.9 Å². The molecular formula is C35H33ClN6O4S. The second kappa shape index (κ2) is 12.0. The van der Waals surface area contributed by atoms with Crippen LogP contribution in [-0.4, -0.2) is 81.5 Å². The number of benzene rings is 2. The molecule has 2 aromatic carbocycles. The number of thioether (sulfide) groups is 1. The minimum absolute atomic E-state index is 0.00137. The second-order valence-electron chi connectivity index (χ2n) is 12.4. The van der Waals surface area contributed by atoms with E-state index < -0.39 is 0 Å². The molecule has 1 saturated heterocycles. The number of nitrogens with zero attached hydrogens (tertiary/aromatic N) is 2. The Bertz CT molecular complexity index is 2010. The Kier molecular flexibility index (Phi) is 7.62. The van der Waals surface area contributed by atoms with Gasteiger partial charge in [0.15, 0.2) is 0 Å². The Labute approximate surface area is 280 Å². The third kappa shape index (κ3) is 5.32. The first kappa shape index (κ1) is 29.9. The molecule has 3 aliphatic heterocycles. The summed E-state index contributed by atoms with van der Waals surface area (Å²) in [4.78, 5) is 50.3. The van der Waals surface area contributed by atoms with Gasteiger partial charge < -0.3 is 35.1 Å². The van der Waals surface area contributed by atoms with Gasteiger partial charge in [-0.3, -0.25) is 9.59 Å². The number of hydrogen-bond acceptors (Lipinski definition) is 6. The maximum absolute atomic E-state index is 14.2. The predicted molar refractivity (Wildman–Crippen MR) is 184 cm³/mol. The van der Waals surface area contributed by atoms with Gasteiger partial charge >= 0.3 is 6.09 Å². The Morgan fingerprint density at radius 2 is 1.77 bits per heavy atom. The number of anilines is 1. The van der Waals surface area contributed by atoms with Gasteiger partial charge in [-0.15, -0.1) is 23.4 Å². The number of piperazine rings is 1. The number of alkyl halides is 1. The zero-order valence-corrected chi connectivity index (χ0v) is 27.2. The Balaban J connectivity index is 1.06. The lowest BCUT2D eigenvalue weighted by atomic mass is 9.80. The number of rotatable bonds is 5. The monoisotopic (exact) mass is 668 g/mol. The fourth-order valence-corrected chi connectivity index (χ4v) is 8.61. The third-order valence-corrected chi connectivity index (χ3v) is 11.1. The number of allylic oxidation sites excluding steroid dienone is 2. The molecule has 10 nitrogen and oxygen atoms in total. The summed E-state index contributed by atoms with van der Waals surface area (Å²) in [6.45, 7) is 5.16.